The molecule has 3 aromatic rings. The summed E-state index contributed by atoms with van der Waals surface area (Å²) in [5, 5.41) is 13.0. The molecule has 2 heterocycles. The summed E-state index contributed by atoms with van der Waals surface area (Å²) in [5.41, 5.74) is 1.64. The minimum Gasteiger partial charge on any atom is -0.497 e. The van der Waals surface area contributed by atoms with Crippen molar-refractivity contribution < 1.29 is 9.53 Å². The third kappa shape index (κ3) is 3.85. The van der Waals surface area contributed by atoms with Gasteiger partial charge in [-0.15, -0.1) is 16.9 Å². The average Bonchev–Trinajstić information content (AvgIpc) is 3.24. The Kier molecular flexibility index (Phi) is 4.83. The molecular weight excluding hydrogens is 336 g/mol. The van der Waals surface area contributed by atoms with Crippen LogP contribution in [0.1, 0.15) is 0 Å². The number of nitrogens with one attached hydrogen (secondary N) is 2. The van der Waals surface area contributed by atoms with Gasteiger partial charge in [0.05, 0.1) is 12.9 Å². The van der Waals surface area contributed by atoms with Crippen LogP contribution in [0.5, 0.6) is 5.75 Å². The lowest BCUT2D eigenvalue weighted by Gasteiger charge is -2.04. The third-order valence-electron chi connectivity index (χ3n) is 2.81. The highest BCUT2D eigenvalue weighted by molar-refractivity contribution is 8.01. The normalized spacial score (nSPS) is 10.5. The number of benzene rings is 1. The van der Waals surface area contributed by atoms with Gasteiger partial charge in [-0.3, -0.25) is 10.1 Å². The zero-order valence-corrected chi connectivity index (χ0v) is 13.6. The molecule has 0 unspecified atom stereocenters. The van der Waals surface area contributed by atoms with Crippen LogP contribution in [0.4, 0.5) is 5.95 Å². The predicted octanol–water partition coefficient (Wildman–Crippen LogP) is 2.06. The summed E-state index contributed by atoms with van der Waals surface area (Å²) >= 11 is 2.62. The van der Waals surface area contributed by atoms with Crippen LogP contribution in [0, 0.1) is 0 Å². The molecule has 3 rings (SSSR count). The van der Waals surface area contributed by atoms with Crippen molar-refractivity contribution in [1.82, 2.24) is 24.8 Å². The molecule has 23 heavy (non-hydrogen) atoms. The molecule has 2 aromatic heterocycles. The fraction of sp³-hybridized carbons (Fsp3) is 0.154. The van der Waals surface area contributed by atoms with Crippen LogP contribution in [0.3, 0.4) is 0 Å². The number of hydrogen-bond donors (Lipinski definition) is 2. The Balaban J connectivity index is 1.67. The number of ether oxygens (including phenoxy) is 1. The number of nitrogens with zero attached hydrogens (tertiary/aromatic N) is 4. The Morgan fingerprint density at radius 2 is 2.39 bits per heavy atom. The van der Waals surface area contributed by atoms with E-state index in [0.29, 0.717) is 5.95 Å². The lowest BCUT2D eigenvalue weighted by molar-refractivity contribution is -0.113. The van der Waals surface area contributed by atoms with Gasteiger partial charge in [-0.1, -0.05) is 16.6 Å². The van der Waals surface area contributed by atoms with E-state index in [-0.39, 0.29) is 11.7 Å². The van der Waals surface area contributed by atoms with E-state index in [1.54, 1.807) is 7.11 Å². The van der Waals surface area contributed by atoms with Crippen LogP contribution in [-0.4, -0.2) is 43.5 Å². The first-order chi connectivity index (χ1) is 11.3. The first-order valence-electron chi connectivity index (χ1n) is 6.51. The molecule has 0 aliphatic rings. The molecule has 0 spiro atoms. The van der Waals surface area contributed by atoms with Gasteiger partial charge in [0.25, 0.3) is 0 Å². The molecule has 0 radical (unpaired) electrons. The van der Waals surface area contributed by atoms with E-state index in [1.165, 1.54) is 29.6 Å². The molecule has 1 aromatic carbocycles. The van der Waals surface area contributed by atoms with E-state index in [1.807, 2.05) is 24.3 Å². The van der Waals surface area contributed by atoms with Gasteiger partial charge in [0.15, 0.2) is 0 Å². The van der Waals surface area contributed by atoms with Crippen molar-refractivity contribution in [3.63, 3.8) is 0 Å². The fourth-order valence-corrected chi connectivity index (χ4v) is 3.35. The number of thioether (sulfide) groups is 1. The van der Waals surface area contributed by atoms with Gasteiger partial charge in [-0.2, -0.15) is 10.1 Å². The summed E-state index contributed by atoms with van der Waals surface area (Å²) in [5.74, 6) is 1.11. The molecule has 8 nitrogen and oxygen atoms in total. The largest absolute Gasteiger partial charge is 0.497 e. The van der Waals surface area contributed by atoms with Crippen LogP contribution >= 0.6 is 23.3 Å². The Morgan fingerprint density at radius 3 is 3.17 bits per heavy atom. The van der Waals surface area contributed by atoms with Crippen molar-refractivity contribution in [3.8, 4) is 17.0 Å². The number of H-pyrrole nitrogens is 1. The average molecular weight is 348 g/mol. The zero-order chi connectivity index (χ0) is 16.1. The van der Waals surface area contributed by atoms with E-state index in [2.05, 4.69) is 30.1 Å². The van der Waals surface area contributed by atoms with E-state index in [0.717, 1.165) is 21.2 Å². The number of aromatic amines is 1. The number of rotatable bonds is 6. The highest BCUT2D eigenvalue weighted by atomic mass is 32.2. The van der Waals surface area contributed by atoms with Gasteiger partial charge >= 0.3 is 0 Å². The second-order valence-corrected chi connectivity index (χ2v) is 6.31. The minimum absolute atomic E-state index is 0.184. The van der Waals surface area contributed by atoms with Crippen LogP contribution in [0.15, 0.2) is 34.8 Å². The Labute approximate surface area is 139 Å². The van der Waals surface area contributed by atoms with E-state index in [9.17, 15) is 4.79 Å². The predicted molar refractivity (Wildman–Crippen MR) is 87.6 cm³/mol. The lowest BCUT2D eigenvalue weighted by Crippen LogP contribution is -2.14. The van der Waals surface area contributed by atoms with Crippen molar-refractivity contribution in [2.24, 2.45) is 0 Å². The highest BCUT2D eigenvalue weighted by Crippen LogP contribution is 2.33. The zero-order valence-electron chi connectivity index (χ0n) is 12.0. The number of amides is 1. The van der Waals surface area contributed by atoms with Crippen molar-refractivity contribution in [1.29, 1.82) is 0 Å². The monoisotopic (exact) mass is 348 g/mol. The lowest BCUT2D eigenvalue weighted by atomic mass is 10.2. The first-order valence-corrected chi connectivity index (χ1v) is 8.27. The van der Waals surface area contributed by atoms with Gasteiger partial charge in [0.2, 0.25) is 11.9 Å². The summed E-state index contributed by atoms with van der Waals surface area (Å²) < 4.78 is 10.1. The van der Waals surface area contributed by atoms with Crippen LogP contribution in [0.2, 0.25) is 0 Å². The third-order valence-corrected chi connectivity index (χ3v) is 4.77. The molecule has 118 valence electrons. The summed E-state index contributed by atoms with van der Waals surface area (Å²) in [4.78, 5) is 15.7. The Hall–Kier alpha value is -2.46. The maximum absolute atomic E-state index is 11.9. The summed E-state index contributed by atoms with van der Waals surface area (Å²) in [6, 6.07) is 7.56. The quantitative estimate of drug-likeness (QED) is 0.657. The van der Waals surface area contributed by atoms with Gasteiger partial charge in [0.1, 0.15) is 22.0 Å². The van der Waals surface area contributed by atoms with Crippen LogP contribution < -0.4 is 10.1 Å². The van der Waals surface area contributed by atoms with Gasteiger partial charge in [-0.25, -0.2) is 5.10 Å². The number of methoxy groups -OCH3 is 1. The SMILES string of the molecule is COc1cccc(-c2nnsc2SCC(=O)Nc2ncn[nH]2)c1. The van der Waals surface area contributed by atoms with Gasteiger partial charge < -0.3 is 4.74 Å². The van der Waals surface area contributed by atoms with Crippen molar-refractivity contribution in [2.45, 2.75) is 4.21 Å². The van der Waals surface area contributed by atoms with Crippen molar-refractivity contribution in [3.05, 3.63) is 30.6 Å². The smallest absolute Gasteiger partial charge is 0.237 e. The van der Waals surface area contributed by atoms with Crippen molar-refractivity contribution >= 4 is 35.1 Å². The number of carbonyl (C=O) groups excluding carboxylic acids is 1. The topological polar surface area (TPSA) is 106 Å². The minimum atomic E-state index is -0.184. The molecule has 0 fully saturated rings. The summed E-state index contributed by atoms with van der Waals surface area (Å²) in [6.45, 7) is 0. The maximum Gasteiger partial charge on any atom is 0.237 e. The first kappa shape index (κ1) is 15.4. The highest BCUT2D eigenvalue weighted by Gasteiger charge is 2.14. The molecule has 0 atom stereocenters. The Bertz CT molecular complexity index is 789. The molecule has 2 N–H and O–H groups in total. The van der Waals surface area contributed by atoms with E-state index < -0.39 is 0 Å². The summed E-state index contributed by atoms with van der Waals surface area (Å²) in [6.07, 6.45) is 1.33. The molecule has 1 amide bonds. The number of carbonyl (C=O) groups is 1. The van der Waals surface area contributed by atoms with Gasteiger partial charge in [-0.05, 0) is 23.7 Å². The van der Waals surface area contributed by atoms with Gasteiger partial charge in [0, 0.05) is 5.56 Å². The second-order valence-electron chi connectivity index (χ2n) is 4.31. The van der Waals surface area contributed by atoms with E-state index >= 15 is 0 Å². The second kappa shape index (κ2) is 7.20. The summed E-state index contributed by atoms with van der Waals surface area (Å²) in [7, 11) is 1.61. The molecule has 10 heteroatoms. The molecule has 0 bridgehead atoms. The Morgan fingerprint density at radius 1 is 1.48 bits per heavy atom. The molecular formula is C13H12N6O2S2. The molecule has 0 aliphatic heterocycles. The number of hydrogen-bond acceptors (Lipinski definition) is 8. The number of anilines is 1. The van der Waals surface area contributed by atoms with Crippen LogP contribution in [0.25, 0.3) is 11.3 Å². The van der Waals surface area contributed by atoms with Crippen LogP contribution in [-0.2, 0) is 4.79 Å². The van der Waals surface area contributed by atoms with E-state index in [4.69, 9.17) is 4.74 Å². The molecule has 0 saturated heterocycles. The molecule has 0 aliphatic carbocycles. The number of aromatic nitrogens is 5. The standard InChI is InChI=1S/C13H12N6O2S2/c1-21-9-4-2-3-8(5-9)11-12(23-19-17-11)22-6-10(20)16-13-14-7-15-18-13/h2-5,7H,6H2,1H3,(H2,14,15,16,18,20). The fourth-order valence-electron chi connectivity index (χ4n) is 1.79. The van der Waals surface area contributed by atoms with Crippen molar-refractivity contribution in [2.75, 3.05) is 18.2 Å². The molecule has 0 saturated carbocycles. The maximum atomic E-state index is 11.9.